The van der Waals surface area contributed by atoms with Gasteiger partial charge in [0.05, 0.1) is 0 Å². The number of carbonyl (C=O) groups excluding carboxylic acids is 4. The van der Waals surface area contributed by atoms with E-state index in [1.165, 1.54) is 4.90 Å². The normalized spacial score (nSPS) is 13.7. The maximum Gasteiger partial charge on any atom is 0.408 e. The Bertz CT molecular complexity index is 911. The van der Waals surface area contributed by atoms with Gasteiger partial charge in [-0.1, -0.05) is 57.9 Å². The van der Waals surface area contributed by atoms with Gasteiger partial charge in [0.25, 0.3) is 0 Å². The fraction of sp³-hybridized carbons (Fsp3) is 0.655. The molecule has 0 spiro atoms. The monoisotopic (exact) mass is 532 g/mol. The molecule has 9 heteroatoms. The Morgan fingerprint density at radius 3 is 2.16 bits per heavy atom. The molecular weight excluding hydrogens is 484 g/mol. The highest BCUT2D eigenvalue weighted by molar-refractivity contribution is 5.92. The number of nitrogens with one attached hydrogen (secondary N) is 2. The number of ether oxygens (including phenoxy) is 1. The van der Waals surface area contributed by atoms with Gasteiger partial charge in [0, 0.05) is 19.0 Å². The first kappa shape index (κ1) is 32.9. The first-order valence-corrected chi connectivity index (χ1v) is 13.8. The molecule has 38 heavy (non-hydrogen) atoms. The molecule has 0 radical (unpaired) electrons. The number of hydrogen-bond donors (Lipinski definition) is 3. The van der Waals surface area contributed by atoms with Gasteiger partial charge >= 0.3 is 6.09 Å². The number of rotatable bonds is 15. The van der Waals surface area contributed by atoms with Crippen LogP contribution in [-0.2, 0) is 25.5 Å². The SMILES string of the molecule is CCCCCNC(=O)C(c1ccc(CC)cc1)N(C(=O)C(CCC(N)=O)NC(=O)OC(C)(C)C)C(C)CC. The van der Waals surface area contributed by atoms with Gasteiger partial charge in [-0.2, -0.15) is 0 Å². The van der Waals surface area contributed by atoms with Crippen LogP contribution >= 0.6 is 0 Å². The van der Waals surface area contributed by atoms with Crippen LogP contribution in [0.4, 0.5) is 4.79 Å². The molecule has 9 nitrogen and oxygen atoms in total. The summed E-state index contributed by atoms with van der Waals surface area (Å²) in [5, 5.41) is 5.62. The lowest BCUT2D eigenvalue weighted by molar-refractivity contribution is -0.145. The molecule has 3 unspecified atom stereocenters. The Kier molecular flexibility index (Phi) is 13.9. The molecule has 0 saturated carbocycles. The minimum Gasteiger partial charge on any atom is -0.444 e. The largest absolute Gasteiger partial charge is 0.444 e. The lowest BCUT2D eigenvalue weighted by Gasteiger charge is -2.38. The number of carbonyl (C=O) groups is 4. The summed E-state index contributed by atoms with van der Waals surface area (Å²) >= 11 is 0. The van der Waals surface area contributed by atoms with Crippen molar-refractivity contribution in [1.82, 2.24) is 15.5 Å². The Labute approximate surface area is 228 Å². The fourth-order valence-electron chi connectivity index (χ4n) is 4.03. The van der Waals surface area contributed by atoms with Crippen LogP contribution in [0.3, 0.4) is 0 Å². The van der Waals surface area contributed by atoms with E-state index in [4.69, 9.17) is 10.5 Å². The minimum absolute atomic E-state index is 0.0139. The molecule has 0 aliphatic heterocycles. The van der Waals surface area contributed by atoms with Gasteiger partial charge in [0.1, 0.15) is 17.7 Å². The summed E-state index contributed by atoms with van der Waals surface area (Å²) in [5.74, 6) is -1.35. The molecule has 0 aromatic heterocycles. The molecule has 0 aliphatic carbocycles. The van der Waals surface area contributed by atoms with E-state index in [1.54, 1.807) is 20.8 Å². The molecule has 0 bridgehead atoms. The van der Waals surface area contributed by atoms with Crippen molar-refractivity contribution in [2.75, 3.05) is 6.54 Å². The third-order valence-electron chi connectivity index (χ3n) is 6.30. The van der Waals surface area contributed by atoms with Crippen molar-refractivity contribution >= 4 is 23.8 Å². The number of alkyl carbamates (subject to hydrolysis) is 1. The number of aryl methyl sites for hydroxylation is 1. The number of benzene rings is 1. The summed E-state index contributed by atoms with van der Waals surface area (Å²) in [6.45, 7) is 13.6. The zero-order chi connectivity index (χ0) is 28.9. The molecular formula is C29H48N4O5. The third kappa shape index (κ3) is 11.1. The predicted octanol–water partition coefficient (Wildman–Crippen LogP) is 4.38. The second-order valence-corrected chi connectivity index (χ2v) is 10.7. The average molecular weight is 533 g/mol. The van der Waals surface area contributed by atoms with Crippen LogP contribution in [0.1, 0.15) is 104 Å². The van der Waals surface area contributed by atoms with Gasteiger partial charge in [-0.05, 0) is 64.5 Å². The van der Waals surface area contributed by atoms with Crippen LogP contribution in [0.25, 0.3) is 0 Å². The molecule has 0 fully saturated rings. The highest BCUT2D eigenvalue weighted by atomic mass is 16.6. The van der Waals surface area contributed by atoms with E-state index in [0.717, 1.165) is 31.2 Å². The standard InChI is InChI=1S/C29H48N4O5/c1-8-11-12-19-31-26(35)25(22-15-13-21(10-3)14-16-22)33(20(4)9-2)27(36)23(17-18-24(30)34)32-28(37)38-29(5,6)7/h13-16,20,23,25H,8-12,17-19H2,1-7H3,(H2,30,34)(H,31,35)(H,32,37). The number of nitrogens with two attached hydrogens (primary N) is 1. The van der Waals surface area contributed by atoms with Crippen molar-refractivity contribution in [2.24, 2.45) is 5.73 Å². The summed E-state index contributed by atoms with van der Waals surface area (Å²) in [4.78, 5) is 53.5. The Hall–Kier alpha value is -3.10. The lowest BCUT2D eigenvalue weighted by Crippen LogP contribution is -2.55. The molecule has 0 aliphatic rings. The number of amides is 4. The summed E-state index contributed by atoms with van der Waals surface area (Å²) in [5.41, 5.74) is 6.38. The Morgan fingerprint density at radius 1 is 1.03 bits per heavy atom. The van der Waals surface area contributed by atoms with Crippen LogP contribution in [0.15, 0.2) is 24.3 Å². The topological polar surface area (TPSA) is 131 Å². The van der Waals surface area contributed by atoms with Gasteiger partial charge in [-0.15, -0.1) is 0 Å². The van der Waals surface area contributed by atoms with Crippen LogP contribution < -0.4 is 16.4 Å². The van der Waals surface area contributed by atoms with Crippen LogP contribution in [-0.4, -0.2) is 52.9 Å². The number of hydrogen-bond acceptors (Lipinski definition) is 5. The maximum atomic E-state index is 14.1. The lowest BCUT2D eigenvalue weighted by atomic mass is 9.97. The molecule has 0 heterocycles. The van der Waals surface area contributed by atoms with Crippen LogP contribution in [0.2, 0.25) is 0 Å². The van der Waals surface area contributed by atoms with E-state index in [-0.39, 0.29) is 24.8 Å². The minimum atomic E-state index is -1.10. The van der Waals surface area contributed by atoms with Crippen molar-refractivity contribution in [3.63, 3.8) is 0 Å². The smallest absolute Gasteiger partial charge is 0.408 e. The Balaban J connectivity index is 3.48. The van der Waals surface area contributed by atoms with Gasteiger partial charge < -0.3 is 26.0 Å². The molecule has 1 aromatic rings. The van der Waals surface area contributed by atoms with Crippen molar-refractivity contribution in [2.45, 2.75) is 117 Å². The maximum absolute atomic E-state index is 14.1. The van der Waals surface area contributed by atoms with Gasteiger partial charge in [-0.25, -0.2) is 4.79 Å². The van der Waals surface area contributed by atoms with Gasteiger partial charge in [-0.3, -0.25) is 14.4 Å². The van der Waals surface area contributed by atoms with Gasteiger partial charge in [0.2, 0.25) is 17.7 Å². The number of primary amides is 1. The molecule has 4 N–H and O–H groups in total. The quantitative estimate of drug-likeness (QED) is 0.289. The van der Waals surface area contributed by atoms with E-state index >= 15 is 0 Å². The third-order valence-corrected chi connectivity index (χ3v) is 6.30. The average Bonchev–Trinajstić information content (AvgIpc) is 2.85. The van der Waals surface area contributed by atoms with E-state index in [2.05, 4.69) is 17.6 Å². The highest BCUT2D eigenvalue weighted by Crippen LogP contribution is 2.27. The fourth-order valence-corrected chi connectivity index (χ4v) is 4.03. The molecule has 3 atom stereocenters. The van der Waals surface area contributed by atoms with E-state index in [9.17, 15) is 19.2 Å². The molecule has 214 valence electrons. The van der Waals surface area contributed by atoms with Crippen LogP contribution in [0.5, 0.6) is 0 Å². The van der Waals surface area contributed by atoms with Crippen molar-refractivity contribution in [3.8, 4) is 0 Å². The highest BCUT2D eigenvalue weighted by Gasteiger charge is 2.38. The zero-order valence-electron chi connectivity index (χ0n) is 24.3. The van der Waals surface area contributed by atoms with Crippen LogP contribution in [0, 0.1) is 0 Å². The summed E-state index contributed by atoms with van der Waals surface area (Å²) in [7, 11) is 0. The van der Waals surface area contributed by atoms with Gasteiger partial charge in [0.15, 0.2) is 0 Å². The Morgan fingerprint density at radius 2 is 1.66 bits per heavy atom. The molecule has 4 amide bonds. The van der Waals surface area contributed by atoms with E-state index in [1.807, 2.05) is 45.0 Å². The van der Waals surface area contributed by atoms with Crippen molar-refractivity contribution in [1.29, 1.82) is 0 Å². The van der Waals surface area contributed by atoms with E-state index < -0.39 is 35.6 Å². The number of unbranched alkanes of at least 4 members (excludes halogenated alkanes) is 2. The van der Waals surface area contributed by atoms with Crippen molar-refractivity contribution in [3.05, 3.63) is 35.4 Å². The zero-order valence-corrected chi connectivity index (χ0v) is 24.3. The second-order valence-electron chi connectivity index (χ2n) is 10.7. The first-order chi connectivity index (χ1) is 17.8. The predicted molar refractivity (Wildman–Crippen MR) is 149 cm³/mol. The number of nitrogens with zero attached hydrogens (tertiary/aromatic N) is 1. The molecule has 1 rings (SSSR count). The molecule has 0 saturated heterocycles. The first-order valence-electron chi connectivity index (χ1n) is 13.8. The summed E-state index contributed by atoms with van der Waals surface area (Å²) < 4.78 is 5.37. The second kappa shape index (κ2) is 16.0. The summed E-state index contributed by atoms with van der Waals surface area (Å²) in [6, 6.07) is 5.30. The van der Waals surface area contributed by atoms with E-state index in [0.29, 0.717) is 18.5 Å². The van der Waals surface area contributed by atoms with Crippen molar-refractivity contribution < 1.29 is 23.9 Å². The molecule has 1 aromatic carbocycles. The summed E-state index contributed by atoms with van der Waals surface area (Å²) in [6.07, 6.45) is 3.36.